The highest BCUT2D eigenvalue weighted by Crippen LogP contribution is 2.26. The molecule has 11 heavy (non-hydrogen) atoms. The summed E-state index contributed by atoms with van der Waals surface area (Å²) in [7, 11) is 0. The molecule has 0 fully saturated rings. The van der Waals surface area contributed by atoms with Crippen molar-refractivity contribution in [3.8, 4) is 0 Å². The molecule has 0 heterocycles. The van der Waals surface area contributed by atoms with Crippen molar-refractivity contribution in [3.63, 3.8) is 0 Å². The Hall–Kier alpha value is -0.830. The average molecular weight is 178 g/mol. The van der Waals surface area contributed by atoms with Gasteiger partial charge in [-0.2, -0.15) is 0 Å². The maximum Gasteiger partial charge on any atom is 0.167 e. The van der Waals surface area contributed by atoms with E-state index in [1.165, 1.54) is 6.92 Å². The summed E-state index contributed by atoms with van der Waals surface area (Å²) in [5.41, 5.74) is 4.83. The molecule has 0 unspecified atom stereocenters. The summed E-state index contributed by atoms with van der Waals surface area (Å²) in [4.78, 5) is 0. The maximum atomic E-state index is 12.8. The molecule has 0 spiro atoms. The van der Waals surface area contributed by atoms with Crippen molar-refractivity contribution in [2.24, 2.45) is 0 Å². The lowest BCUT2D eigenvalue weighted by molar-refractivity contribution is 0.590. The molecule has 0 aliphatic heterocycles. The fourth-order valence-electron chi connectivity index (χ4n) is 0.727. The average Bonchev–Trinajstić information content (AvgIpc) is 1.97. The Morgan fingerprint density at radius 3 is 2.55 bits per heavy atom. The Kier molecular flexibility index (Phi) is 2.00. The molecule has 0 aliphatic carbocycles. The first-order valence-electron chi connectivity index (χ1n) is 2.93. The largest absolute Gasteiger partial charge is 0.394 e. The summed E-state index contributed by atoms with van der Waals surface area (Å²) in [5.74, 6) is -1.66. The van der Waals surface area contributed by atoms with E-state index in [9.17, 15) is 8.78 Å². The SMILES string of the molecule is Cc1cc(F)c(N)c(F)c1Cl. The minimum atomic E-state index is -0.885. The number of halogens is 3. The van der Waals surface area contributed by atoms with Gasteiger partial charge >= 0.3 is 0 Å². The van der Waals surface area contributed by atoms with Gasteiger partial charge < -0.3 is 5.73 Å². The molecule has 1 aromatic rings. The lowest BCUT2D eigenvalue weighted by atomic mass is 10.2. The third kappa shape index (κ3) is 1.28. The van der Waals surface area contributed by atoms with Crippen molar-refractivity contribution in [2.75, 3.05) is 5.73 Å². The van der Waals surface area contributed by atoms with Gasteiger partial charge in [0.25, 0.3) is 0 Å². The van der Waals surface area contributed by atoms with Crippen molar-refractivity contribution in [3.05, 3.63) is 28.3 Å². The molecule has 0 radical (unpaired) electrons. The Labute approximate surface area is 67.8 Å². The molecule has 4 heteroatoms. The van der Waals surface area contributed by atoms with Crippen molar-refractivity contribution in [1.29, 1.82) is 0 Å². The van der Waals surface area contributed by atoms with Crippen molar-refractivity contribution in [2.45, 2.75) is 6.92 Å². The van der Waals surface area contributed by atoms with Gasteiger partial charge in [-0.1, -0.05) is 11.6 Å². The van der Waals surface area contributed by atoms with Crippen LogP contribution in [0.1, 0.15) is 5.56 Å². The molecule has 60 valence electrons. The fourth-order valence-corrected chi connectivity index (χ4v) is 0.884. The van der Waals surface area contributed by atoms with Crippen LogP contribution in [0.5, 0.6) is 0 Å². The first kappa shape index (κ1) is 8.27. The number of benzene rings is 1. The van der Waals surface area contributed by atoms with Crippen LogP contribution in [0.2, 0.25) is 5.02 Å². The Morgan fingerprint density at radius 1 is 1.45 bits per heavy atom. The number of rotatable bonds is 0. The fraction of sp³-hybridized carbons (Fsp3) is 0.143. The van der Waals surface area contributed by atoms with E-state index in [-0.39, 0.29) is 5.02 Å². The number of hydrogen-bond acceptors (Lipinski definition) is 1. The number of aryl methyl sites for hydroxylation is 1. The highest BCUT2D eigenvalue weighted by atomic mass is 35.5. The molecule has 0 bridgehead atoms. The summed E-state index contributed by atoms with van der Waals surface area (Å²) >= 11 is 5.43. The molecule has 1 aromatic carbocycles. The van der Waals surface area contributed by atoms with Crippen LogP contribution in [0.15, 0.2) is 6.07 Å². The minimum absolute atomic E-state index is 0.121. The third-order valence-corrected chi connectivity index (χ3v) is 1.84. The number of nitrogens with two attached hydrogens (primary N) is 1. The number of nitrogen functional groups attached to an aromatic ring is 1. The van der Waals surface area contributed by atoms with Gasteiger partial charge in [-0.3, -0.25) is 0 Å². The lowest BCUT2D eigenvalue weighted by Gasteiger charge is -2.02. The van der Waals surface area contributed by atoms with Gasteiger partial charge in [0.05, 0.1) is 5.02 Å². The zero-order valence-electron chi connectivity index (χ0n) is 5.79. The van der Waals surface area contributed by atoms with Crippen LogP contribution in [-0.2, 0) is 0 Å². The van der Waals surface area contributed by atoms with E-state index in [1.807, 2.05) is 0 Å². The van der Waals surface area contributed by atoms with Gasteiger partial charge in [0.2, 0.25) is 0 Å². The molecule has 0 saturated heterocycles. The summed E-state index contributed by atoms with van der Waals surface area (Å²) in [6.45, 7) is 1.51. The van der Waals surface area contributed by atoms with Crippen LogP contribution in [-0.4, -0.2) is 0 Å². The molecule has 0 aliphatic rings. The van der Waals surface area contributed by atoms with Gasteiger partial charge in [-0.25, -0.2) is 8.78 Å². The highest BCUT2D eigenvalue weighted by Gasteiger charge is 2.11. The predicted octanol–water partition coefficient (Wildman–Crippen LogP) is 2.51. The van der Waals surface area contributed by atoms with Gasteiger partial charge in [0.15, 0.2) is 5.82 Å². The second-order valence-electron chi connectivity index (χ2n) is 2.22. The molecule has 0 aromatic heterocycles. The zero-order chi connectivity index (χ0) is 8.59. The van der Waals surface area contributed by atoms with Crippen LogP contribution in [0.25, 0.3) is 0 Å². The number of anilines is 1. The quantitative estimate of drug-likeness (QED) is 0.478. The molecule has 1 nitrogen and oxygen atoms in total. The van der Waals surface area contributed by atoms with E-state index in [0.717, 1.165) is 6.07 Å². The third-order valence-electron chi connectivity index (χ3n) is 1.38. The van der Waals surface area contributed by atoms with Gasteiger partial charge in [0.1, 0.15) is 11.5 Å². The molecular weight excluding hydrogens is 172 g/mol. The van der Waals surface area contributed by atoms with E-state index in [4.69, 9.17) is 17.3 Å². The van der Waals surface area contributed by atoms with Gasteiger partial charge in [0, 0.05) is 0 Å². The molecule has 2 N–H and O–H groups in total. The van der Waals surface area contributed by atoms with Crippen molar-refractivity contribution in [1.82, 2.24) is 0 Å². The van der Waals surface area contributed by atoms with Crippen LogP contribution >= 0.6 is 11.6 Å². The van der Waals surface area contributed by atoms with E-state index < -0.39 is 17.3 Å². The smallest absolute Gasteiger partial charge is 0.167 e. The van der Waals surface area contributed by atoms with Gasteiger partial charge in [-0.15, -0.1) is 0 Å². The van der Waals surface area contributed by atoms with Gasteiger partial charge in [-0.05, 0) is 18.6 Å². The summed E-state index contributed by atoms with van der Waals surface area (Å²) in [5, 5.41) is -0.121. The highest BCUT2D eigenvalue weighted by molar-refractivity contribution is 6.31. The molecular formula is C7H6ClF2N. The van der Waals surface area contributed by atoms with Crippen LogP contribution in [0.3, 0.4) is 0 Å². The summed E-state index contributed by atoms with van der Waals surface area (Å²) < 4.78 is 25.4. The van der Waals surface area contributed by atoms with E-state index >= 15 is 0 Å². The maximum absolute atomic E-state index is 12.8. The summed E-state index contributed by atoms with van der Waals surface area (Å²) in [6.07, 6.45) is 0. The van der Waals surface area contributed by atoms with E-state index in [2.05, 4.69) is 0 Å². The van der Waals surface area contributed by atoms with Crippen LogP contribution in [0, 0.1) is 18.6 Å². The predicted molar refractivity (Wildman–Crippen MR) is 40.5 cm³/mol. The molecule has 1 rings (SSSR count). The lowest BCUT2D eigenvalue weighted by Crippen LogP contribution is -1.97. The summed E-state index contributed by atoms with van der Waals surface area (Å²) in [6, 6.07) is 1.10. The first-order chi connectivity index (χ1) is 5.04. The normalized spacial score (nSPS) is 10.2. The topological polar surface area (TPSA) is 26.0 Å². The van der Waals surface area contributed by atoms with Crippen molar-refractivity contribution >= 4 is 17.3 Å². The Morgan fingerprint density at radius 2 is 2.00 bits per heavy atom. The van der Waals surface area contributed by atoms with Crippen LogP contribution in [0.4, 0.5) is 14.5 Å². The monoisotopic (exact) mass is 177 g/mol. The Balaban J connectivity index is 3.46. The van der Waals surface area contributed by atoms with E-state index in [1.54, 1.807) is 0 Å². The Bertz CT molecular complexity index is 273. The zero-order valence-corrected chi connectivity index (χ0v) is 6.54. The van der Waals surface area contributed by atoms with E-state index in [0.29, 0.717) is 5.56 Å². The minimum Gasteiger partial charge on any atom is -0.394 e. The second-order valence-corrected chi connectivity index (χ2v) is 2.59. The van der Waals surface area contributed by atoms with Crippen molar-refractivity contribution < 1.29 is 8.78 Å². The molecule has 0 amide bonds. The first-order valence-corrected chi connectivity index (χ1v) is 3.31. The standard InChI is InChI=1S/C7H6ClF2N/c1-3-2-4(9)7(11)6(10)5(3)8/h2H,11H2,1H3. The molecule has 0 saturated carbocycles. The van der Waals surface area contributed by atoms with Crippen LogP contribution < -0.4 is 5.73 Å². The number of hydrogen-bond donors (Lipinski definition) is 1. The second kappa shape index (κ2) is 2.66. The molecule has 0 atom stereocenters.